The molecule has 0 bridgehead atoms. The molecule has 1 fully saturated rings. The average Bonchev–Trinajstić information content (AvgIpc) is 3.07. The van der Waals surface area contributed by atoms with Gasteiger partial charge in [-0.05, 0) is 56.2 Å². The summed E-state index contributed by atoms with van der Waals surface area (Å²) >= 11 is 6.20. The van der Waals surface area contributed by atoms with Gasteiger partial charge in [-0.1, -0.05) is 24.4 Å². The monoisotopic (exact) mass is 479 g/mol. The molecule has 0 unspecified atom stereocenters. The van der Waals surface area contributed by atoms with Gasteiger partial charge in [0.25, 0.3) is 0 Å². The van der Waals surface area contributed by atoms with Gasteiger partial charge in [0.15, 0.2) is 5.78 Å². The summed E-state index contributed by atoms with van der Waals surface area (Å²) in [6.45, 7) is 2.16. The molecule has 9 heteroatoms. The number of Topliss-reactive ketones (excluding diaryl/α,β-unsaturated/α-hetero) is 1. The molecule has 0 atom stereocenters. The van der Waals surface area contributed by atoms with Gasteiger partial charge in [-0.15, -0.1) is 0 Å². The van der Waals surface area contributed by atoms with Crippen LogP contribution < -0.4 is 4.74 Å². The molecule has 1 saturated heterocycles. The lowest BCUT2D eigenvalue weighted by Gasteiger charge is -2.21. The number of rotatable bonds is 7. The zero-order valence-corrected chi connectivity index (χ0v) is 19.7. The molecule has 2 aromatic rings. The van der Waals surface area contributed by atoms with E-state index in [1.54, 1.807) is 18.2 Å². The Balaban J connectivity index is 1.81. The molecule has 0 N–H and O–H groups in total. The highest BCUT2D eigenvalue weighted by molar-refractivity contribution is 7.89. The number of ether oxygens (including phenoxy) is 2. The Morgan fingerprint density at radius 1 is 1.00 bits per heavy atom. The van der Waals surface area contributed by atoms with Crippen LogP contribution in [-0.4, -0.2) is 44.7 Å². The van der Waals surface area contributed by atoms with Crippen molar-refractivity contribution in [1.29, 1.82) is 0 Å². The van der Waals surface area contributed by atoms with Gasteiger partial charge in [0.05, 0.1) is 17.7 Å². The van der Waals surface area contributed by atoms with Gasteiger partial charge in [-0.25, -0.2) is 13.2 Å². The van der Waals surface area contributed by atoms with Crippen LogP contribution in [0.25, 0.3) is 0 Å². The molecule has 32 heavy (non-hydrogen) atoms. The average molecular weight is 480 g/mol. The number of ketones is 1. The van der Waals surface area contributed by atoms with Gasteiger partial charge in [0, 0.05) is 24.2 Å². The highest BCUT2D eigenvalue weighted by atomic mass is 35.5. The van der Waals surface area contributed by atoms with Crippen molar-refractivity contribution in [3.8, 4) is 5.75 Å². The third kappa shape index (κ3) is 5.49. The Morgan fingerprint density at radius 3 is 2.28 bits per heavy atom. The number of carbonyl (C=O) groups excluding carboxylic acids is 2. The zero-order valence-electron chi connectivity index (χ0n) is 18.1. The van der Waals surface area contributed by atoms with E-state index in [9.17, 15) is 18.0 Å². The molecule has 1 aliphatic heterocycles. The lowest BCUT2D eigenvalue weighted by atomic mass is 10.1. The number of nitrogens with zero attached hydrogens (tertiary/aromatic N) is 1. The van der Waals surface area contributed by atoms with Gasteiger partial charge in [-0.2, -0.15) is 4.31 Å². The molecule has 0 spiro atoms. The van der Waals surface area contributed by atoms with Gasteiger partial charge in [0.2, 0.25) is 10.0 Å². The summed E-state index contributed by atoms with van der Waals surface area (Å²) in [5.74, 6) is -0.353. The standard InChI is InChI=1S/C23H26ClNO6S/c1-16(26)17-8-10-21(30-2)19(13-17)15-31-23(27)18-7-9-20(24)22(14-18)32(28,29)25-11-5-3-4-6-12-25/h7-10,13-14H,3-6,11-12,15H2,1-2H3. The van der Waals surface area contributed by atoms with E-state index in [1.165, 1.54) is 36.5 Å². The second kappa shape index (κ2) is 10.5. The van der Waals surface area contributed by atoms with E-state index in [4.69, 9.17) is 21.1 Å². The highest BCUT2D eigenvalue weighted by Gasteiger charge is 2.28. The summed E-state index contributed by atoms with van der Waals surface area (Å²) in [6, 6.07) is 8.94. The third-order valence-corrected chi connectivity index (χ3v) is 7.78. The van der Waals surface area contributed by atoms with Crippen LogP contribution in [0, 0.1) is 0 Å². The molecule has 0 saturated carbocycles. The second-order valence-corrected chi connectivity index (χ2v) is 9.94. The maximum absolute atomic E-state index is 13.1. The summed E-state index contributed by atoms with van der Waals surface area (Å²) in [6.07, 6.45) is 3.56. The summed E-state index contributed by atoms with van der Waals surface area (Å²) in [5.41, 5.74) is 1.07. The van der Waals surface area contributed by atoms with Crippen LogP contribution in [-0.2, 0) is 21.4 Å². The smallest absolute Gasteiger partial charge is 0.338 e. The first kappa shape index (κ1) is 24.2. The van der Waals surface area contributed by atoms with Gasteiger partial charge < -0.3 is 9.47 Å². The summed E-state index contributed by atoms with van der Waals surface area (Å²) in [4.78, 5) is 24.2. The van der Waals surface area contributed by atoms with Crippen molar-refractivity contribution < 1.29 is 27.5 Å². The van der Waals surface area contributed by atoms with Crippen molar-refractivity contribution in [2.24, 2.45) is 0 Å². The number of esters is 1. The summed E-state index contributed by atoms with van der Waals surface area (Å²) in [5, 5.41) is 0.0571. The molecule has 0 aliphatic carbocycles. The van der Waals surface area contributed by atoms with Gasteiger partial charge >= 0.3 is 5.97 Å². The van der Waals surface area contributed by atoms with Crippen LogP contribution in [0.4, 0.5) is 0 Å². The number of benzene rings is 2. The minimum atomic E-state index is -3.83. The third-order valence-electron chi connectivity index (χ3n) is 5.40. The van der Waals surface area contributed by atoms with Crippen molar-refractivity contribution in [1.82, 2.24) is 4.31 Å². The van der Waals surface area contributed by atoms with Gasteiger partial charge in [-0.3, -0.25) is 4.79 Å². The minimum absolute atomic E-state index is 0.0571. The molecule has 0 radical (unpaired) electrons. The fourth-order valence-electron chi connectivity index (χ4n) is 3.59. The second-order valence-electron chi connectivity index (χ2n) is 7.62. The Bertz CT molecular complexity index is 1110. The number of sulfonamides is 1. The van der Waals surface area contributed by atoms with E-state index < -0.39 is 16.0 Å². The number of hydrogen-bond donors (Lipinski definition) is 0. The Labute approximate surface area is 193 Å². The first-order valence-corrected chi connectivity index (χ1v) is 12.2. The normalized spacial score (nSPS) is 15.1. The molecular formula is C23H26ClNO6S. The van der Waals surface area contributed by atoms with E-state index >= 15 is 0 Å². The molecular weight excluding hydrogens is 454 g/mol. The van der Waals surface area contributed by atoms with E-state index in [0.717, 1.165) is 25.7 Å². The first-order chi connectivity index (χ1) is 15.2. The predicted molar refractivity (Wildman–Crippen MR) is 121 cm³/mol. The Kier molecular flexibility index (Phi) is 7.92. The number of methoxy groups -OCH3 is 1. The summed E-state index contributed by atoms with van der Waals surface area (Å²) < 4.78 is 38.4. The molecule has 2 aromatic carbocycles. The first-order valence-electron chi connectivity index (χ1n) is 10.4. The van der Waals surface area contributed by atoms with Crippen LogP contribution in [0.1, 0.15) is 58.9 Å². The molecule has 0 aromatic heterocycles. The SMILES string of the molecule is COc1ccc(C(C)=O)cc1COC(=O)c1ccc(Cl)c(S(=O)(=O)N2CCCCCC2)c1. The van der Waals surface area contributed by atoms with Crippen LogP contribution in [0.2, 0.25) is 5.02 Å². The lowest BCUT2D eigenvalue weighted by molar-refractivity contribution is 0.0470. The lowest BCUT2D eigenvalue weighted by Crippen LogP contribution is -2.32. The molecule has 1 aliphatic rings. The maximum atomic E-state index is 13.1. The number of halogens is 1. The molecule has 0 amide bonds. The molecule has 3 rings (SSSR count). The largest absolute Gasteiger partial charge is 0.496 e. The van der Waals surface area contributed by atoms with Crippen molar-refractivity contribution in [2.45, 2.75) is 44.1 Å². The number of carbonyl (C=O) groups is 2. The van der Waals surface area contributed by atoms with E-state index in [-0.39, 0.29) is 27.9 Å². The van der Waals surface area contributed by atoms with Crippen LogP contribution in [0.15, 0.2) is 41.3 Å². The van der Waals surface area contributed by atoms with Crippen molar-refractivity contribution in [2.75, 3.05) is 20.2 Å². The van der Waals surface area contributed by atoms with E-state index in [1.807, 2.05) is 0 Å². The zero-order chi connectivity index (χ0) is 23.3. The maximum Gasteiger partial charge on any atom is 0.338 e. The van der Waals surface area contributed by atoms with Crippen LogP contribution >= 0.6 is 11.6 Å². The van der Waals surface area contributed by atoms with Gasteiger partial charge in [0.1, 0.15) is 17.3 Å². The van der Waals surface area contributed by atoms with Crippen molar-refractivity contribution >= 4 is 33.4 Å². The van der Waals surface area contributed by atoms with Crippen LogP contribution in [0.5, 0.6) is 5.75 Å². The topological polar surface area (TPSA) is 90.0 Å². The highest BCUT2D eigenvalue weighted by Crippen LogP contribution is 2.28. The van der Waals surface area contributed by atoms with Crippen LogP contribution in [0.3, 0.4) is 0 Å². The minimum Gasteiger partial charge on any atom is -0.496 e. The fraction of sp³-hybridized carbons (Fsp3) is 0.391. The van der Waals surface area contributed by atoms with Crippen molar-refractivity contribution in [3.05, 3.63) is 58.1 Å². The van der Waals surface area contributed by atoms with E-state index in [0.29, 0.717) is 30.0 Å². The van der Waals surface area contributed by atoms with E-state index in [2.05, 4.69) is 0 Å². The Morgan fingerprint density at radius 2 is 1.66 bits per heavy atom. The Hall–Kier alpha value is -2.42. The quantitative estimate of drug-likeness (QED) is 0.430. The summed E-state index contributed by atoms with van der Waals surface area (Å²) in [7, 11) is -2.35. The predicted octanol–water partition coefficient (Wildman–Crippen LogP) is 4.47. The molecule has 7 nitrogen and oxygen atoms in total. The molecule has 172 valence electrons. The van der Waals surface area contributed by atoms with Crippen molar-refractivity contribution in [3.63, 3.8) is 0 Å². The molecule has 1 heterocycles. The number of hydrogen-bond acceptors (Lipinski definition) is 6. The fourth-order valence-corrected chi connectivity index (χ4v) is 5.60.